The largest absolute Gasteiger partial charge is 0.508 e. The molecule has 2 aromatic carbocycles. The molecule has 1 aliphatic heterocycles. The topological polar surface area (TPSA) is 59.0 Å². The van der Waals surface area contributed by atoms with Gasteiger partial charge < -0.3 is 19.5 Å². The van der Waals surface area contributed by atoms with E-state index in [-0.39, 0.29) is 11.7 Å². The third-order valence-electron chi connectivity index (χ3n) is 4.30. The van der Waals surface area contributed by atoms with E-state index in [0.717, 1.165) is 22.4 Å². The number of carbonyl (C=O) groups excluding carboxylic acids is 1. The van der Waals surface area contributed by atoms with Gasteiger partial charge in [0.25, 0.3) is 0 Å². The summed E-state index contributed by atoms with van der Waals surface area (Å²) < 4.78 is 11.2. The molecule has 1 amide bonds. The number of morpholine rings is 1. The molecule has 31 heavy (non-hydrogen) atoms. The van der Waals surface area contributed by atoms with Gasteiger partial charge in [-0.1, -0.05) is 53.7 Å². The molecule has 0 aliphatic carbocycles. The monoisotopic (exact) mass is 431 g/mol. The molecule has 0 atom stereocenters. The molecule has 0 bridgehead atoms. The molecule has 1 fully saturated rings. The summed E-state index contributed by atoms with van der Waals surface area (Å²) in [7, 11) is 0. The molecule has 5 heteroatoms. The van der Waals surface area contributed by atoms with Crippen LogP contribution in [0, 0.1) is 13.8 Å². The van der Waals surface area contributed by atoms with Crippen LogP contribution in [0.2, 0.25) is 0 Å². The van der Waals surface area contributed by atoms with Crippen LogP contribution in [-0.4, -0.2) is 42.2 Å². The van der Waals surface area contributed by atoms with Gasteiger partial charge in [0, 0.05) is 13.1 Å². The minimum atomic E-state index is 0.134. The Balaban J connectivity index is 0.00000138. The summed E-state index contributed by atoms with van der Waals surface area (Å²) in [6, 6.07) is 10.6. The van der Waals surface area contributed by atoms with Crippen molar-refractivity contribution in [1.82, 2.24) is 4.90 Å². The van der Waals surface area contributed by atoms with Gasteiger partial charge >= 0.3 is 0 Å². The Morgan fingerprint density at radius 3 is 1.90 bits per heavy atom. The predicted molar refractivity (Wildman–Crippen MR) is 129 cm³/mol. The van der Waals surface area contributed by atoms with E-state index in [1.165, 1.54) is 0 Å². The first-order chi connectivity index (χ1) is 15.0. The van der Waals surface area contributed by atoms with Gasteiger partial charge in [0.1, 0.15) is 17.2 Å². The average Bonchev–Trinajstić information content (AvgIpc) is 2.82. The van der Waals surface area contributed by atoms with E-state index in [2.05, 4.69) is 0 Å². The van der Waals surface area contributed by atoms with Crippen molar-refractivity contribution < 1.29 is 19.4 Å². The normalized spacial score (nSPS) is 12.2. The van der Waals surface area contributed by atoms with Gasteiger partial charge in [-0.2, -0.15) is 0 Å². The van der Waals surface area contributed by atoms with Crippen LogP contribution in [-0.2, 0) is 16.0 Å². The third kappa shape index (κ3) is 9.43. The first kappa shape index (κ1) is 28.5. The average molecular weight is 432 g/mol. The van der Waals surface area contributed by atoms with Crippen molar-refractivity contribution in [2.75, 3.05) is 26.3 Å². The van der Waals surface area contributed by atoms with Gasteiger partial charge in [-0.15, -0.1) is 0 Å². The minimum Gasteiger partial charge on any atom is -0.508 e. The number of nitrogens with zero attached hydrogens (tertiary/aromatic N) is 1. The molecule has 0 unspecified atom stereocenters. The van der Waals surface area contributed by atoms with Crippen LogP contribution in [0.5, 0.6) is 17.2 Å². The van der Waals surface area contributed by atoms with E-state index in [4.69, 9.17) is 9.47 Å². The zero-order valence-corrected chi connectivity index (χ0v) is 20.6. The lowest BCUT2D eigenvalue weighted by Crippen LogP contribution is -2.41. The number of benzene rings is 2. The summed E-state index contributed by atoms with van der Waals surface area (Å²) in [5, 5.41) is 9.36. The second-order valence-electron chi connectivity index (χ2n) is 6.32. The van der Waals surface area contributed by atoms with Gasteiger partial charge in [0.15, 0.2) is 0 Å². The highest BCUT2D eigenvalue weighted by Gasteiger charge is 2.18. The number of phenols is 1. The molecule has 1 heterocycles. The molecule has 174 valence electrons. The standard InChI is InChI=1S/C20H23NO4.3C2H6/c1-14-11-16(13-19(23)21-7-9-24-10-8-21)12-15(2)20(14)25-18-5-3-17(22)4-6-18;3*1-2/h3-6,11-12,22H,7-10,13H2,1-2H3;3*1-2H3. The molecule has 1 aliphatic rings. The smallest absolute Gasteiger partial charge is 0.227 e. The molecule has 5 nitrogen and oxygen atoms in total. The zero-order chi connectivity index (χ0) is 23.8. The van der Waals surface area contributed by atoms with Crippen LogP contribution >= 0.6 is 0 Å². The highest BCUT2D eigenvalue weighted by atomic mass is 16.5. The number of rotatable bonds is 4. The molecule has 0 aromatic heterocycles. The van der Waals surface area contributed by atoms with Crippen molar-refractivity contribution in [3.63, 3.8) is 0 Å². The Morgan fingerprint density at radius 1 is 0.935 bits per heavy atom. The Kier molecular flexibility index (Phi) is 14.9. The van der Waals surface area contributed by atoms with Crippen LogP contribution in [0.4, 0.5) is 0 Å². The van der Waals surface area contributed by atoms with Crippen LogP contribution in [0.3, 0.4) is 0 Å². The number of carbonyl (C=O) groups is 1. The predicted octanol–water partition coefficient (Wildman–Crippen LogP) is 6.28. The number of aryl methyl sites for hydroxylation is 2. The second-order valence-corrected chi connectivity index (χ2v) is 6.32. The van der Waals surface area contributed by atoms with Crippen molar-refractivity contribution in [2.45, 2.75) is 61.8 Å². The minimum absolute atomic E-state index is 0.134. The van der Waals surface area contributed by atoms with Gasteiger partial charge in [-0.05, 0) is 54.8 Å². The van der Waals surface area contributed by atoms with E-state index in [9.17, 15) is 9.90 Å². The van der Waals surface area contributed by atoms with Gasteiger partial charge in [0.05, 0.1) is 19.6 Å². The first-order valence-corrected chi connectivity index (χ1v) is 11.5. The van der Waals surface area contributed by atoms with E-state index in [0.29, 0.717) is 38.5 Å². The Morgan fingerprint density at radius 2 is 1.42 bits per heavy atom. The fourth-order valence-corrected chi connectivity index (χ4v) is 3.03. The van der Waals surface area contributed by atoms with Gasteiger partial charge in [0.2, 0.25) is 5.91 Å². The second kappa shape index (κ2) is 16.2. The van der Waals surface area contributed by atoms with E-state index < -0.39 is 0 Å². The number of hydrogen-bond acceptors (Lipinski definition) is 4. The van der Waals surface area contributed by atoms with Crippen molar-refractivity contribution in [3.05, 3.63) is 53.1 Å². The Bertz CT molecular complexity index is 727. The number of amides is 1. The van der Waals surface area contributed by atoms with Crippen molar-refractivity contribution in [3.8, 4) is 17.2 Å². The summed E-state index contributed by atoms with van der Waals surface area (Å²) in [5.41, 5.74) is 2.96. The molecule has 0 spiro atoms. The van der Waals surface area contributed by atoms with Crippen LogP contribution in [0.15, 0.2) is 36.4 Å². The van der Waals surface area contributed by atoms with Gasteiger partial charge in [-0.25, -0.2) is 0 Å². The third-order valence-corrected chi connectivity index (χ3v) is 4.30. The maximum absolute atomic E-state index is 12.4. The van der Waals surface area contributed by atoms with Crippen LogP contribution in [0.25, 0.3) is 0 Å². The van der Waals surface area contributed by atoms with Crippen LogP contribution < -0.4 is 4.74 Å². The SMILES string of the molecule is CC.CC.CC.Cc1cc(CC(=O)N2CCOCC2)cc(C)c1Oc1ccc(O)cc1. The Labute approximate surface area is 189 Å². The summed E-state index contributed by atoms with van der Waals surface area (Å²) in [5.74, 6) is 1.79. The molecule has 1 saturated heterocycles. The maximum atomic E-state index is 12.4. The highest BCUT2D eigenvalue weighted by molar-refractivity contribution is 5.79. The fraction of sp³-hybridized carbons (Fsp3) is 0.500. The van der Waals surface area contributed by atoms with Crippen molar-refractivity contribution in [1.29, 1.82) is 0 Å². The summed E-state index contributed by atoms with van der Waals surface area (Å²) in [6.45, 7) is 18.5. The molecule has 3 rings (SSSR count). The van der Waals surface area contributed by atoms with Crippen molar-refractivity contribution in [2.24, 2.45) is 0 Å². The highest BCUT2D eigenvalue weighted by Crippen LogP contribution is 2.31. The molecule has 2 aromatic rings. The van der Waals surface area contributed by atoms with Crippen LogP contribution in [0.1, 0.15) is 58.2 Å². The zero-order valence-electron chi connectivity index (χ0n) is 20.6. The van der Waals surface area contributed by atoms with E-state index in [1.54, 1.807) is 24.3 Å². The first-order valence-electron chi connectivity index (χ1n) is 11.5. The quantitative estimate of drug-likeness (QED) is 0.619. The molecule has 0 saturated carbocycles. The van der Waals surface area contributed by atoms with E-state index >= 15 is 0 Å². The fourth-order valence-electron chi connectivity index (χ4n) is 3.03. The van der Waals surface area contributed by atoms with Gasteiger partial charge in [-0.3, -0.25) is 4.79 Å². The number of ether oxygens (including phenoxy) is 2. The van der Waals surface area contributed by atoms with E-state index in [1.807, 2.05) is 72.4 Å². The number of phenolic OH excluding ortho intramolecular Hbond substituents is 1. The number of aromatic hydroxyl groups is 1. The van der Waals surface area contributed by atoms with Crippen molar-refractivity contribution >= 4 is 5.91 Å². The maximum Gasteiger partial charge on any atom is 0.227 e. The number of hydrogen-bond donors (Lipinski definition) is 1. The lowest BCUT2D eigenvalue weighted by molar-refractivity contribution is -0.134. The lowest BCUT2D eigenvalue weighted by atomic mass is 10.0. The lowest BCUT2D eigenvalue weighted by Gasteiger charge is -2.27. The molecular weight excluding hydrogens is 390 g/mol. The molecular formula is C26H41NO4. The molecule has 1 N–H and O–H groups in total. The summed E-state index contributed by atoms with van der Waals surface area (Å²) >= 11 is 0. The summed E-state index contributed by atoms with van der Waals surface area (Å²) in [6.07, 6.45) is 0.390. The Hall–Kier alpha value is -2.53. The molecule has 0 radical (unpaired) electrons. The summed E-state index contributed by atoms with van der Waals surface area (Å²) in [4.78, 5) is 14.3.